The second-order valence-electron chi connectivity index (χ2n) is 4.36. The molecule has 17 heavy (non-hydrogen) atoms. The first-order chi connectivity index (χ1) is 8.11. The van der Waals surface area contributed by atoms with Crippen molar-refractivity contribution in [2.24, 2.45) is 0 Å². The molecule has 1 fully saturated rings. The van der Waals surface area contributed by atoms with Gasteiger partial charge < -0.3 is 9.64 Å². The van der Waals surface area contributed by atoms with Crippen LogP contribution in [0, 0.1) is 12.7 Å². The van der Waals surface area contributed by atoms with Crippen molar-refractivity contribution in [2.75, 3.05) is 20.2 Å². The summed E-state index contributed by atoms with van der Waals surface area (Å²) in [7, 11) is 1.65. The zero-order valence-electron chi connectivity index (χ0n) is 10.1. The number of carbonyl (C=O) groups is 1. The molecule has 0 radical (unpaired) electrons. The molecular weight excluding hydrogens is 221 g/mol. The fraction of sp³-hybridized carbons (Fsp3) is 0.462. The van der Waals surface area contributed by atoms with Crippen LogP contribution in [0.15, 0.2) is 18.2 Å². The summed E-state index contributed by atoms with van der Waals surface area (Å²) in [5.74, 6) is -0.328. The Hall–Kier alpha value is -1.42. The smallest absolute Gasteiger partial charge is 0.253 e. The summed E-state index contributed by atoms with van der Waals surface area (Å²) in [6, 6.07) is 4.47. The molecule has 4 heteroatoms. The monoisotopic (exact) mass is 237 g/mol. The maximum Gasteiger partial charge on any atom is 0.253 e. The van der Waals surface area contributed by atoms with Crippen LogP contribution >= 0.6 is 0 Å². The average molecular weight is 237 g/mol. The molecule has 0 bridgehead atoms. The van der Waals surface area contributed by atoms with E-state index in [1.54, 1.807) is 25.0 Å². The van der Waals surface area contributed by atoms with Crippen molar-refractivity contribution in [3.05, 3.63) is 35.1 Å². The van der Waals surface area contributed by atoms with Crippen LogP contribution in [0.1, 0.15) is 22.3 Å². The Morgan fingerprint density at radius 3 is 2.88 bits per heavy atom. The lowest BCUT2D eigenvalue weighted by atomic mass is 10.1. The van der Waals surface area contributed by atoms with Crippen LogP contribution in [-0.2, 0) is 4.74 Å². The van der Waals surface area contributed by atoms with Crippen LogP contribution < -0.4 is 0 Å². The summed E-state index contributed by atoms with van der Waals surface area (Å²) in [6.07, 6.45) is 0.989. The predicted molar refractivity (Wildman–Crippen MR) is 62.5 cm³/mol. The van der Waals surface area contributed by atoms with Crippen molar-refractivity contribution in [3.8, 4) is 0 Å². The third kappa shape index (κ3) is 2.47. The van der Waals surface area contributed by atoms with Crippen LogP contribution in [0.5, 0.6) is 0 Å². The highest BCUT2D eigenvalue weighted by Gasteiger charge is 2.26. The summed E-state index contributed by atoms with van der Waals surface area (Å²) in [6.45, 7) is 2.98. The number of amides is 1. The summed E-state index contributed by atoms with van der Waals surface area (Å²) < 4.78 is 18.3. The van der Waals surface area contributed by atoms with E-state index in [0.29, 0.717) is 24.2 Å². The third-order valence-electron chi connectivity index (χ3n) is 3.17. The number of likely N-dealkylation sites (tertiary alicyclic amines) is 1. The molecule has 0 aromatic heterocycles. The van der Waals surface area contributed by atoms with Gasteiger partial charge >= 0.3 is 0 Å². The number of methoxy groups -OCH3 is 1. The molecule has 0 N–H and O–H groups in total. The van der Waals surface area contributed by atoms with Gasteiger partial charge in [-0.2, -0.15) is 0 Å². The molecule has 2 rings (SSSR count). The standard InChI is InChI=1S/C13H16FNO2/c1-9-7-10(3-4-12(9)14)13(16)15-6-5-11(8-15)17-2/h3-4,7,11H,5-6,8H2,1-2H3. The maximum atomic E-state index is 13.1. The van der Waals surface area contributed by atoms with Crippen molar-refractivity contribution < 1.29 is 13.9 Å². The van der Waals surface area contributed by atoms with E-state index in [1.165, 1.54) is 12.1 Å². The summed E-state index contributed by atoms with van der Waals surface area (Å²) in [4.78, 5) is 13.9. The van der Waals surface area contributed by atoms with Gasteiger partial charge in [0.2, 0.25) is 0 Å². The Kier molecular flexibility index (Phi) is 3.43. The topological polar surface area (TPSA) is 29.5 Å². The highest BCUT2D eigenvalue weighted by molar-refractivity contribution is 5.94. The molecule has 0 saturated carbocycles. The molecule has 1 aliphatic rings. The van der Waals surface area contributed by atoms with E-state index in [2.05, 4.69) is 0 Å². The number of halogens is 1. The Morgan fingerprint density at radius 2 is 2.29 bits per heavy atom. The molecular formula is C13H16FNO2. The van der Waals surface area contributed by atoms with Crippen molar-refractivity contribution >= 4 is 5.91 Å². The minimum Gasteiger partial charge on any atom is -0.380 e. The molecule has 0 spiro atoms. The van der Waals surface area contributed by atoms with E-state index in [0.717, 1.165) is 6.42 Å². The number of aryl methyl sites for hydroxylation is 1. The van der Waals surface area contributed by atoms with Crippen LogP contribution in [0.4, 0.5) is 4.39 Å². The second kappa shape index (κ2) is 4.84. The first-order valence-electron chi connectivity index (χ1n) is 5.70. The summed E-state index contributed by atoms with van der Waals surface area (Å²) in [5.41, 5.74) is 1.04. The van der Waals surface area contributed by atoms with Crippen molar-refractivity contribution in [1.29, 1.82) is 0 Å². The van der Waals surface area contributed by atoms with Crippen molar-refractivity contribution in [2.45, 2.75) is 19.4 Å². The highest BCUT2D eigenvalue weighted by atomic mass is 19.1. The fourth-order valence-electron chi connectivity index (χ4n) is 2.07. The second-order valence-corrected chi connectivity index (χ2v) is 4.36. The average Bonchev–Trinajstić information content (AvgIpc) is 2.80. The molecule has 1 amide bonds. The molecule has 1 aromatic rings. The first kappa shape index (κ1) is 12.0. The lowest BCUT2D eigenvalue weighted by Gasteiger charge is -2.16. The van der Waals surface area contributed by atoms with Crippen molar-refractivity contribution in [3.63, 3.8) is 0 Å². The Morgan fingerprint density at radius 1 is 1.53 bits per heavy atom. The Bertz CT molecular complexity index is 433. The van der Waals surface area contributed by atoms with Crippen LogP contribution in [0.3, 0.4) is 0 Å². The molecule has 92 valence electrons. The van der Waals surface area contributed by atoms with E-state index in [1.807, 2.05) is 0 Å². The third-order valence-corrected chi connectivity index (χ3v) is 3.17. The van der Waals surface area contributed by atoms with Gasteiger partial charge in [-0.05, 0) is 37.1 Å². The van der Waals surface area contributed by atoms with E-state index in [4.69, 9.17) is 4.74 Å². The number of rotatable bonds is 2. The van der Waals surface area contributed by atoms with Gasteiger partial charge in [-0.25, -0.2) is 4.39 Å². The molecule has 1 heterocycles. The summed E-state index contributed by atoms with van der Waals surface area (Å²) in [5, 5.41) is 0. The van der Waals surface area contributed by atoms with Gasteiger partial charge in [-0.1, -0.05) is 0 Å². The highest BCUT2D eigenvalue weighted by Crippen LogP contribution is 2.17. The molecule has 1 aromatic carbocycles. The van der Waals surface area contributed by atoms with Gasteiger partial charge in [0.05, 0.1) is 6.10 Å². The molecule has 1 saturated heterocycles. The van der Waals surface area contributed by atoms with Crippen LogP contribution in [0.2, 0.25) is 0 Å². The van der Waals surface area contributed by atoms with Crippen LogP contribution in [-0.4, -0.2) is 37.1 Å². The van der Waals surface area contributed by atoms with Crippen molar-refractivity contribution in [1.82, 2.24) is 4.90 Å². The van der Waals surface area contributed by atoms with Gasteiger partial charge in [-0.15, -0.1) is 0 Å². The zero-order chi connectivity index (χ0) is 12.4. The lowest BCUT2D eigenvalue weighted by molar-refractivity contribution is 0.0724. The minimum atomic E-state index is -0.280. The Balaban J connectivity index is 2.12. The SMILES string of the molecule is COC1CCN(C(=O)c2ccc(F)c(C)c2)C1. The Labute approximate surface area is 100 Å². The molecule has 0 aliphatic carbocycles. The number of hydrogen-bond acceptors (Lipinski definition) is 2. The van der Waals surface area contributed by atoms with Gasteiger partial charge in [0, 0.05) is 25.8 Å². The van der Waals surface area contributed by atoms with Crippen LogP contribution in [0.25, 0.3) is 0 Å². The number of benzene rings is 1. The molecule has 1 aliphatic heterocycles. The normalized spacial score (nSPS) is 19.7. The number of ether oxygens (including phenoxy) is 1. The van der Waals surface area contributed by atoms with E-state index in [-0.39, 0.29) is 17.8 Å². The molecule has 1 atom stereocenters. The maximum absolute atomic E-state index is 13.1. The molecule has 1 unspecified atom stereocenters. The summed E-state index contributed by atoms with van der Waals surface area (Å²) >= 11 is 0. The van der Waals surface area contributed by atoms with E-state index < -0.39 is 0 Å². The van der Waals surface area contributed by atoms with E-state index >= 15 is 0 Å². The number of hydrogen-bond donors (Lipinski definition) is 0. The quantitative estimate of drug-likeness (QED) is 0.787. The van der Waals surface area contributed by atoms with Gasteiger partial charge in [-0.3, -0.25) is 4.79 Å². The predicted octanol–water partition coefficient (Wildman–Crippen LogP) is 2.00. The minimum absolute atomic E-state index is 0.0485. The zero-order valence-corrected chi connectivity index (χ0v) is 10.1. The number of nitrogens with zero attached hydrogens (tertiary/aromatic N) is 1. The van der Waals surface area contributed by atoms with Gasteiger partial charge in [0.15, 0.2) is 0 Å². The van der Waals surface area contributed by atoms with Gasteiger partial charge in [0.1, 0.15) is 5.82 Å². The van der Waals surface area contributed by atoms with Gasteiger partial charge in [0.25, 0.3) is 5.91 Å². The fourth-order valence-corrected chi connectivity index (χ4v) is 2.07. The largest absolute Gasteiger partial charge is 0.380 e. The lowest BCUT2D eigenvalue weighted by Crippen LogP contribution is -2.30. The number of carbonyl (C=O) groups excluding carboxylic acids is 1. The van der Waals surface area contributed by atoms with E-state index in [9.17, 15) is 9.18 Å². The molecule has 3 nitrogen and oxygen atoms in total. The first-order valence-corrected chi connectivity index (χ1v) is 5.70.